The summed E-state index contributed by atoms with van der Waals surface area (Å²) in [5.74, 6) is 0.309. The van der Waals surface area contributed by atoms with Crippen LogP contribution in [0, 0.1) is 6.92 Å². The van der Waals surface area contributed by atoms with E-state index in [1.54, 1.807) is 18.0 Å². The van der Waals surface area contributed by atoms with E-state index >= 15 is 0 Å². The lowest BCUT2D eigenvalue weighted by molar-refractivity contribution is -0.0300. The fraction of sp³-hybridized carbons (Fsp3) is 0.300. The highest BCUT2D eigenvalue weighted by atomic mass is 35.5. The topological polar surface area (TPSA) is 145 Å². The molecule has 1 amide bonds. The molecular weight excluding hydrogens is 558 g/mol. The van der Waals surface area contributed by atoms with Crippen molar-refractivity contribution in [1.82, 2.24) is 29.2 Å². The van der Waals surface area contributed by atoms with E-state index in [9.17, 15) is 14.7 Å². The van der Waals surface area contributed by atoms with Gasteiger partial charge in [-0.05, 0) is 30.9 Å². The largest absolute Gasteiger partial charge is 0.388 e. The summed E-state index contributed by atoms with van der Waals surface area (Å²) in [6, 6.07) is 17.5. The first kappa shape index (κ1) is 29.2. The van der Waals surface area contributed by atoms with Crippen molar-refractivity contribution in [2.75, 3.05) is 13.1 Å². The molecule has 1 aliphatic heterocycles. The molecular formula is C30H32ClN7O4. The summed E-state index contributed by atoms with van der Waals surface area (Å²) in [7, 11) is 0. The number of hydrogen-bond donors (Lipinski definition) is 2. The molecule has 4 heterocycles. The molecule has 0 spiro atoms. The molecule has 0 aliphatic carbocycles. The van der Waals surface area contributed by atoms with Crippen LogP contribution in [0.1, 0.15) is 45.8 Å². The van der Waals surface area contributed by atoms with Gasteiger partial charge in [0.1, 0.15) is 23.3 Å². The Morgan fingerprint density at radius 1 is 1.07 bits per heavy atom. The number of aryl methyl sites for hydroxylation is 1. The van der Waals surface area contributed by atoms with Crippen molar-refractivity contribution in [3.63, 3.8) is 0 Å². The number of likely N-dealkylation sites (tertiary alicyclic amines) is 1. The number of nitrogens with two attached hydrogens (primary N) is 1. The van der Waals surface area contributed by atoms with Gasteiger partial charge in [0.2, 0.25) is 5.65 Å². The second-order valence-corrected chi connectivity index (χ2v) is 10.6. The van der Waals surface area contributed by atoms with Gasteiger partial charge in [0.25, 0.3) is 11.5 Å². The number of benzene rings is 2. The summed E-state index contributed by atoms with van der Waals surface area (Å²) in [6.45, 7) is 2.90. The number of piperidine rings is 1. The van der Waals surface area contributed by atoms with E-state index in [-0.39, 0.29) is 36.1 Å². The Morgan fingerprint density at radius 3 is 2.48 bits per heavy atom. The van der Waals surface area contributed by atoms with E-state index < -0.39 is 5.60 Å². The van der Waals surface area contributed by atoms with E-state index in [4.69, 9.17) is 10.3 Å². The molecule has 11 nitrogen and oxygen atoms in total. The van der Waals surface area contributed by atoms with Gasteiger partial charge in [-0.1, -0.05) is 59.8 Å². The number of aliphatic hydroxyl groups is 1. The highest BCUT2D eigenvalue weighted by Gasteiger charge is 2.36. The maximum Gasteiger partial charge on any atom is 0.296 e. The van der Waals surface area contributed by atoms with Crippen LogP contribution in [0.15, 0.2) is 76.4 Å². The number of carbonyl (C=O) groups excluding carboxylic acids is 1. The number of nitrogens with zero attached hydrogens (tertiary/aromatic N) is 6. The number of fused-ring (bicyclic) bond motifs is 1. The van der Waals surface area contributed by atoms with Crippen molar-refractivity contribution < 1.29 is 14.4 Å². The number of hydrogen-bond acceptors (Lipinski definition) is 8. The lowest BCUT2D eigenvalue weighted by Crippen LogP contribution is -2.50. The maximum absolute atomic E-state index is 13.5. The highest BCUT2D eigenvalue weighted by Crippen LogP contribution is 2.27. The van der Waals surface area contributed by atoms with Crippen molar-refractivity contribution in [3.05, 3.63) is 106 Å². The van der Waals surface area contributed by atoms with Crippen molar-refractivity contribution >= 4 is 24.0 Å². The van der Waals surface area contributed by atoms with Crippen LogP contribution in [0.5, 0.6) is 0 Å². The van der Waals surface area contributed by atoms with Gasteiger partial charge in [-0.15, -0.1) is 12.4 Å². The Morgan fingerprint density at radius 2 is 1.79 bits per heavy atom. The Labute approximate surface area is 248 Å². The number of imidazole rings is 1. The van der Waals surface area contributed by atoms with E-state index in [0.717, 1.165) is 16.7 Å². The first-order chi connectivity index (χ1) is 19.8. The van der Waals surface area contributed by atoms with Crippen LogP contribution in [0.4, 0.5) is 0 Å². The first-order valence-electron chi connectivity index (χ1n) is 13.6. The average Bonchev–Trinajstić information content (AvgIpc) is 3.59. The van der Waals surface area contributed by atoms with Crippen LogP contribution in [0.2, 0.25) is 0 Å². The predicted octanol–water partition coefficient (Wildman–Crippen LogP) is 2.99. The SMILES string of the molecule is Cc1onc(Cc2ccccc2)c1C(=O)N1CCC(O)(Cn2cnn3c(-c4ccc(CN)cc4)cnc3c2=O)CC1.Cl. The van der Waals surface area contributed by atoms with Crippen LogP contribution < -0.4 is 11.3 Å². The van der Waals surface area contributed by atoms with E-state index in [2.05, 4.69) is 15.2 Å². The van der Waals surface area contributed by atoms with Gasteiger partial charge in [0.05, 0.1) is 24.0 Å². The number of rotatable bonds is 7. The van der Waals surface area contributed by atoms with Crippen molar-refractivity contribution in [2.45, 2.75) is 44.9 Å². The van der Waals surface area contributed by atoms with Crippen LogP contribution >= 0.6 is 12.4 Å². The number of amides is 1. The predicted molar refractivity (Wildman–Crippen MR) is 158 cm³/mol. The summed E-state index contributed by atoms with van der Waals surface area (Å²) < 4.78 is 8.29. The normalized spacial score (nSPS) is 14.6. The van der Waals surface area contributed by atoms with Gasteiger partial charge in [0.15, 0.2) is 0 Å². The molecule has 0 unspecified atom stereocenters. The fourth-order valence-electron chi connectivity index (χ4n) is 5.39. The van der Waals surface area contributed by atoms with Crippen LogP contribution in [0.25, 0.3) is 16.9 Å². The lowest BCUT2D eigenvalue weighted by atomic mass is 9.90. The van der Waals surface area contributed by atoms with Gasteiger partial charge < -0.3 is 20.3 Å². The molecule has 0 atom stereocenters. The number of aromatic nitrogens is 5. The quantitative estimate of drug-likeness (QED) is 0.295. The molecule has 1 saturated heterocycles. The minimum atomic E-state index is -1.18. The second-order valence-electron chi connectivity index (χ2n) is 10.6. The van der Waals surface area contributed by atoms with Crippen LogP contribution in [-0.4, -0.2) is 58.9 Å². The fourth-order valence-corrected chi connectivity index (χ4v) is 5.39. The standard InChI is InChI=1S/C30H31N7O4.ClH/c1-20-26(24(34-41-20)15-21-5-3-2-4-6-21)28(38)35-13-11-30(40,12-14-35)18-36-19-33-37-25(17-32-27(37)29(36)39)23-9-7-22(16-31)8-10-23;/h2-10,17,19,40H,11-16,18,31H2,1H3;1H. The first-order valence-corrected chi connectivity index (χ1v) is 13.6. The molecule has 0 saturated carbocycles. The molecule has 3 aromatic heterocycles. The number of halogens is 1. The molecule has 42 heavy (non-hydrogen) atoms. The molecule has 2 aromatic carbocycles. The van der Waals surface area contributed by atoms with Gasteiger partial charge in [-0.25, -0.2) is 9.50 Å². The van der Waals surface area contributed by atoms with Crippen molar-refractivity contribution in [2.24, 2.45) is 5.73 Å². The zero-order valence-corrected chi connectivity index (χ0v) is 24.0. The molecule has 3 N–H and O–H groups in total. The summed E-state index contributed by atoms with van der Waals surface area (Å²) in [6.07, 6.45) is 4.15. The number of carbonyl (C=O) groups is 1. The minimum Gasteiger partial charge on any atom is -0.388 e. The van der Waals surface area contributed by atoms with Crippen LogP contribution in [-0.2, 0) is 19.5 Å². The summed E-state index contributed by atoms with van der Waals surface area (Å²) in [5, 5.41) is 20.0. The molecule has 5 aromatic rings. The van der Waals surface area contributed by atoms with E-state index in [1.807, 2.05) is 54.6 Å². The third-order valence-electron chi connectivity index (χ3n) is 7.79. The Hall–Kier alpha value is -4.32. The van der Waals surface area contributed by atoms with Crippen LogP contribution in [0.3, 0.4) is 0 Å². The summed E-state index contributed by atoms with van der Waals surface area (Å²) in [5.41, 5.74) is 9.01. The Balaban J connectivity index is 0.00000353. The second kappa shape index (κ2) is 11.9. The molecule has 218 valence electrons. The third-order valence-corrected chi connectivity index (χ3v) is 7.79. The smallest absolute Gasteiger partial charge is 0.296 e. The monoisotopic (exact) mass is 589 g/mol. The van der Waals surface area contributed by atoms with Gasteiger partial charge >= 0.3 is 0 Å². The lowest BCUT2D eigenvalue weighted by Gasteiger charge is -2.38. The zero-order valence-electron chi connectivity index (χ0n) is 23.1. The van der Waals surface area contributed by atoms with Gasteiger partial charge in [-0.2, -0.15) is 5.10 Å². The summed E-state index contributed by atoms with van der Waals surface area (Å²) >= 11 is 0. The minimum absolute atomic E-state index is 0. The zero-order chi connectivity index (χ0) is 28.6. The summed E-state index contributed by atoms with van der Waals surface area (Å²) in [4.78, 5) is 32.8. The Kier molecular flexibility index (Phi) is 8.26. The van der Waals surface area contributed by atoms with Gasteiger partial charge in [-0.3, -0.25) is 14.2 Å². The molecule has 0 radical (unpaired) electrons. The van der Waals surface area contributed by atoms with Crippen molar-refractivity contribution in [3.8, 4) is 11.3 Å². The van der Waals surface area contributed by atoms with E-state index in [1.165, 1.54) is 15.4 Å². The molecule has 12 heteroatoms. The molecule has 1 fully saturated rings. The molecule has 6 rings (SSSR count). The Bertz CT molecular complexity index is 1750. The molecule has 1 aliphatic rings. The highest BCUT2D eigenvalue weighted by molar-refractivity contribution is 5.96. The molecule has 0 bridgehead atoms. The van der Waals surface area contributed by atoms with Crippen molar-refractivity contribution in [1.29, 1.82) is 0 Å². The average molecular weight is 590 g/mol. The maximum atomic E-state index is 13.5. The van der Waals surface area contributed by atoms with E-state index in [0.29, 0.717) is 61.6 Å². The third kappa shape index (κ3) is 5.58. The van der Waals surface area contributed by atoms with Gasteiger partial charge in [0, 0.05) is 31.6 Å².